The van der Waals surface area contributed by atoms with E-state index in [-0.39, 0.29) is 6.61 Å². The molecule has 27 heavy (non-hydrogen) atoms. The summed E-state index contributed by atoms with van der Waals surface area (Å²) in [4.78, 5) is 12.2. The molecule has 0 fully saturated rings. The Balaban J connectivity index is 1.63. The van der Waals surface area contributed by atoms with Crippen LogP contribution in [0.3, 0.4) is 0 Å². The van der Waals surface area contributed by atoms with Crippen molar-refractivity contribution in [2.75, 3.05) is 6.66 Å². The number of esters is 1. The van der Waals surface area contributed by atoms with E-state index in [2.05, 4.69) is 5.09 Å². The first-order chi connectivity index (χ1) is 12.9. The highest BCUT2D eigenvalue weighted by Crippen LogP contribution is 2.42. The molecule has 0 amide bonds. The third-order valence-electron chi connectivity index (χ3n) is 4.03. The Morgan fingerprint density at radius 3 is 2.44 bits per heavy atom. The van der Waals surface area contributed by atoms with Crippen molar-refractivity contribution in [2.45, 2.75) is 19.6 Å². The predicted octanol–water partition coefficient (Wildman–Crippen LogP) is 4.76. The van der Waals surface area contributed by atoms with Gasteiger partial charge in [-0.15, -0.1) is 0 Å². The van der Waals surface area contributed by atoms with E-state index in [1.807, 2.05) is 66.7 Å². The highest BCUT2D eigenvalue weighted by Gasteiger charge is 2.26. The summed E-state index contributed by atoms with van der Waals surface area (Å²) in [7, 11) is -3.28. The molecule has 3 aromatic rings. The average molecular weight is 383 g/mol. The molecular weight excluding hydrogens is 361 g/mol. The van der Waals surface area contributed by atoms with Gasteiger partial charge in [0.15, 0.2) is 0 Å². The minimum absolute atomic E-state index is 0.171. The van der Waals surface area contributed by atoms with Gasteiger partial charge in [-0.2, -0.15) is 0 Å². The molecule has 0 aliphatic carbocycles. The van der Waals surface area contributed by atoms with Gasteiger partial charge in [0.1, 0.15) is 18.4 Å². The second-order valence-corrected chi connectivity index (χ2v) is 8.49. The van der Waals surface area contributed by atoms with Gasteiger partial charge < -0.3 is 9.26 Å². The van der Waals surface area contributed by atoms with Crippen LogP contribution in [0.1, 0.15) is 12.5 Å². The van der Waals surface area contributed by atoms with Gasteiger partial charge in [-0.3, -0.25) is 9.36 Å². The van der Waals surface area contributed by atoms with Crippen LogP contribution in [0.2, 0.25) is 0 Å². The summed E-state index contributed by atoms with van der Waals surface area (Å²) >= 11 is 0. The predicted molar refractivity (Wildman–Crippen MR) is 107 cm³/mol. The van der Waals surface area contributed by atoms with Crippen LogP contribution in [0.5, 0.6) is 5.75 Å². The van der Waals surface area contributed by atoms with E-state index in [0.29, 0.717) is 5.75 Å². The van der Waals surface area contributed by atoms with Crippen molar-refractivity contribution in [2.24, 2.45) is 0 Å². The average Bonchev–Trinajstić information content (AvgIpc) is 2.66. The third kappa shape index (κ3) is 5.19. The van der Waals surface area contributed by atoms with Crippen LogP contribution >= 0.6 is 7.52 Å². The maximum atomic E-state index is 12.9. The Morgan fingerprint density at radius 1 is 1.00 bits per heavy atom. The van der Waals surface area contributed by atoms with Crippen LogP contribution < -0.4 is 9.61 Å². The molecule has 140 valence electrons. The van der Waals surface area contributed by atoms with Gasteiger partial charge in [-0.05, 0) is 23.9 Å². The molecule has 0 saturated carbocycles. The van der Waals surface area contributed by atoms with Crippen LogP contribution in [0.4, 0.5) is 0 Å². The van der Waals surface area contributed by atoms with Crippen molar-refractivity contribution in [1.82, 2.24) is 5.09 Å². The maximum absolute atomic E-state index is 12.9. The lowest BCUT2D eigenvalue weighted by Crippen LogP contribution is -2.34. The Hall–Kier alpha value is -2.62. The van der Waals surface area contributed by atoms with Crippen molar-refractivity contribution in [3.63, 3.8) is 0 Å². The first-order valence-electron chi connectivity index (χ1n) is 8.68. The number of hydrogen-bond acceptors (Lipinski definition) is 4. The van der Waals surface area contributed by atoms with Crippen molar-refractivity contribution in [3.8, 4) is 5.75 Å². The monoisotopic (exact) mass is 383 g/mol. The number of carbonyl (C=O) groups excluding carboxylic acids is 1. The van der Waals surface area contributed by atoms with Gasteiger partial charge in [0.25, 0.3) is 0 Å². The van der Waals surface area contributed by atoms with Crippen molar-refractivity contribution >= 4 is 24.3 Å². The molecule has 0 heterocycles. The smallest absolute Gasteiger partial charge is 0.323 e. The molecule has 0 aliphatic heterocycles. The van der Waals surface area contributed by atoms with Crippen molar-refractivity contribution in [3.05, 3.63) is 78.4 Å². The molecule has 1 unspecified atom stereocenters. The fourth-order valence-corrected chi connectivity index (χ4v) is 4.14. The lowest BCUT2D eigenvalue weighted by molar-refractivity contribution is -0.146. The largest absolute Gasteiger partial charge is 0.460 e. The van der Waals surface area contributed by atoms with E-state index in [4.69, 9.17) is 9.26 Å². The number of ether oxygens (including phenoxy) is 1. The Kier molecular flexibility index (Phi) is 5.94. The van der Waals surface area contributed by atoms with E-state index in [1.54, 1.807) is 13.0 Å². The topological polar surface area (TPSA) is 64.6 Å². The molecule has 1 N–H and O–H groups in total. The van der Waals surface area contributed by atoms with E-state index in [9.17, 15) is 9.36 Å². The maximum Gasteiger partial charge on any atom is 0.323 e. The van der Waals surface area contributed by atoms with Gasteiger partial charge in [0.2, 0.25) is 0 Å². The fraction of sp³-hybridized carbons (Fsp3) is 0.190. The number of carbonyl (C=O) groups is 1. The highest BCUT2D eigenvalue weighted by molar-refractivity contribution is 7.56. The van der Waals surface area contributed by atoms with E-state index in [1.165, 1.54) is 6.66 Å². The van der Waals surface area contributed by atoms with Crippen LogP contribution in [0.25, 0.3) is 10.8 Å². The summed E-state index contributed by atoms with van der Waals surface area (Å²) < 4.78 is 23.9. The number of rotatable bonds is 7. The second kappa shape index (κ2) is 8.38. The quantitative estimate of drug-likeness (QED) is 0.471. The minimum Gasteiger partial charge on any atom is -0.460 e. The summed E-state index contributed by atoms with van der Waals surface area (Å²) in [6, 6.07) is 21.9. The second-order valence-electron chi connectivity index (χ2n) is 6.36. The molecule has 0 aromatic heterocycles. The lowest BCUT2D eigenvalue weighted by Gasteiger charge is -2.21. The van der Waals surface area contributed by atoms with Gasteiger partial charge in [-0.1, -0.05) is 66.7 Å². The molecule has 0 bridgehead atoms. The normalized spacial score (nSPS) is 14.3. The van der Waals surface area contributed by atoms with Crippen LogP contribution in [-0.4, -0.2) is 18.7 Å². The van der Waals surface area contributed by atoms with Gasteiger partial charge in [0.05, 0.1) is 0 Å². The summed E-state index contributed by atoms with van der Waals surface area (Å²) in [6.07, 6.45) is 0. The molecule has 0 radical (unpaired) electrons. The summed E-state index contributed by atoms with van der Waals surface area (Å²) in [5.74, 6) is 0.0266. The zero-order valence-corrected chi connectivity index (χ0v) is 16.2. The molecule has 2 atom stereocenters. The summed E-state index contributed by atoms with van der Waals surface area (Å²) in [6.45, 7) is 3.23. The van der Waals surface area contributed by atoms with Crippen LogP contribution in [0.15, 0.2) is 72.8 Å². The van der Waals surface area contributed by atoms with Crippen molar-refractivity contribution < 1.29 is 18.6 Å². The number of hydrogen-bond donors (Lipinski definition) is 1. The molecule has 0 spiro atoms. The molecule has 3 aromatic carbocycles. The lowest BCUT2D eigenvalue weighted by atomic mass is 10.1. The molecular formula is C21H22NO4P. The Labute approximate surface area is 158 Å². The first-order valence-corrected chi connectivity index (χ1v) is 10.7. The molecule has 0 aliphatic rings. The molecule has 0 saturated heterocycles. The number of benzene rings is 3. The first kappa shape index (κ1) is 19.2. The third-order valence-corrected chi connectivity index (χ3v) is 5.43. The fourth-order valence-electron chi connectivity index (χ4n) is 2.75. The van der Waals surface area contributed by atoms with E-state index >= 15 is 0 Å². The van der Waals surface area contributed by atoms with Crippen LogP contribution in [0, 0.1) is 0 Å². The van der Waals surface area contributed by atoms with E-state index in [0.717, 1.165) is 16.3 Å². The van der Waals surface area contributed by atoms with E-state index < -0.39 is 19.5 Å². The van der Waals surface area contributed by atoms with Gasteiger partial charge >= 0.3 is 13.5 Å². The minimum atomic E-state index is -3.28. The molecule has 3 rings (SSSR count). The number of fused-ring (bicyclic) bond motifs is 1. The van der Waals surface area contributed by atoms with Gasteiger partial charge in [-0.25, -0.2) is 5.09 Å². The zero-order valence-electron chi connectivity index (χ0n) is 15.3. The summed E-state index contributed by atoms with van der Waals surface area (Å²) in [5, 5.41) is 4.62. The zero-order chi connectivity index (χ0) is 19.3. The molecule has 6 heteroatoms. The Morgan fingerprint density at radius 2 is 1.67 bits per heavy atom. The van der Waals surface area contributed by atoms with Crippen LogP contribution in [-0.2, 0) is 20.7 Å². The highest BCUT2D eigenvalue weighted by atomic mass is 31.2. The Bertz CT molecular complexity index is 969. The van der Waals surface area contributed by atoms with Crippen molar-refractivity contribution in [1.29, 1.82) is 0 Å². The van der Waals surface area contributed by atoms with Gasteiger partial charge in [0, 0.05) is 12.1 Å². The standard InChI is InChI=1S/C21H22NO4P/c1-16(21(23)25-15-17-9-4-3-5-10-17)22-27(2,24)26-20-14-8-12-18-11-6-7-13-19(18)20/h3-14,16H,15H2,1-2H3,(H,22,24)/t16-,27?/m0/s1. The SMILES string of the molecule is C[C@H](NP(C)(=O)Oc1cccc2ccccc12)C(=O)OCc1ccccc1. The number of nitrogens with one attached hydrogen (secondary N) is 1. The molecule has 5 nitrogen and oxygen atoms in total. The summed E-state index contributed by atoms with van der Waals surface area (Å²) in [5.41, 5.74) is 0.893.